The van der Waals surface area contributed by atoms with Crippen molar-refractivity contribution in [2.45, 2.75) is 6.92 Å². The molecular formula is C10H10FN3S. The zero-order valence-electron chi connectivity index (χ0n) is 8.41. The summed E-state index contributed by atoms with van der Waals surface area (Å²) in [6, 6.07) is 4.92. The Labute approximate surface area is 91.6 Å². The molecule has 0 unspecified atom stereocenters. The van der Waals surface area contributed by atoms with E-state index in [9.17, 15) is 4.39 Å². The number of H-pyrrole nitrogens is 1. The number of aromatic amines is 1. The molecule has 0 aliphatic rings. The highest BCUT2D eigenvalue weighted by Gasteiger charge is 2.10. The van der Waals surface area contributed by atoms with E-state index in [1.54, 1.807) is 24.6 Å². The first kappa shape index (κ1) is 10.0. The molecular weight excluding hydrogens is 213 g/mol. The summed E-state index contributed by atoms with van der Waals surface area (Å²) in [6.07, 6.45) is 0. The van der Waals surface area contributed by atoms with Crippen molar-refractivity contribution in [3.63, 3.8) is 0 Å². The van der Waals surface area contributed by atoms with E-state index < -0.39 is 0 Å². The van der Waals surface area contributed by atoms with E-state index in [1.165, 1.54) is 6.07 Å². The van der Waals surface area contributed by atoms with Gasteiger partial charge in [-0.3, -0.25) is 5.10 Å². The molecule has 0 amide bonds. The molecule has 1 aromatic heterocycles. The van der Waals surface area contributed by atoms with Crippen LogP contribution in [0.3, 0.4) is 0 Å². The van der Waals surface area contributed by atoms with E-state index in [4.69, 9.17) is 12.2 Å². The van der Waals surface area contributed by atoms with Crippen molar-refractivity contribution < 1.29 is 4.39 Å². The van der Waals surface area contributed by atoms with Crippen LogP contribution < -0.4 is 0 Å². The SMILES string of the molecule is Cc1c(F)cccc1-c1n[nH]c(=S)n1C. The third kappa shape index (κ3) is 1.59. The maximum absolute atomic E-state index is 13.3. The molecule has 0 atom stereocenters. The normalized spacial score (nSPS) is 10.6. The molecule has 3 nitrogen and oxygen atoms in total. The average molecular weight is 223 g/mol. The Balaban J connectivity index is 2.69. The van der Waals surface area contributed by atoms with Crippen LogP contribution in [0.1, 0.15) is 5.56 Å². The van der Waals surface area contributed by atoms with E-state index in [1.807, 2.05) is 6.07 Å². The lowest BCUT2D eigenvalue weighted by Crippen LogP contribution is -1.96. The van der Waals surface area contributed by atoms with Gasteiger partial charge >= 0.3 is 0 Å². The van der Waals surface area contributed by atoms with Crippen molar-refractivity contribution in [3.8, 4) is 11.4 Å². The van der Waals surface area contributed by atoms with Crippen LogP contribution in [-0.4, -0.2) is 14.8 Å². The number of nitrogens with one attached hydrogen (secondary N) is 1. The Morgan fingerprint density at radius 3 is 2.80 bits per heavy atom. The van der Waals surface area contributed by atoms with Gasteiger partial charge in [-0.25, -0.2) is 4.39 Å². The maximum Gasteiger partial charge on any atom is 0.195 e. The molecule has 0 radical (unpaired) electrons. The van der Waals surface area contributed by atoms with Crippen molar-refractivity contribution in [2.24, 2.45) is 7.05 Å². The van der Waals surface area contributed by atoms with Gasteiger partial charge in [-0.2, -0.15) is 5.10 Å². The van der Waals surface area contributed by atoms with Crippen LogP contribution in [0.4, 0.5) is 4.39 Å². The summed E-state index contributed by atoms with van der Waals surface area (Å²) in [5.41, 5.74) is 1.33. The van der Waals surface area contributed by atoms with E-state index in [0.717, 1.165) is 5.56 Å². The molecule has 0 spiro atoms. The lowest BCUT2D eigenvalue weighted by Gasteiger charge is -2.05. The van der Waals surface area contributed by atoms with Crippen LogP contribution in [-0.2, 0) is 7.05 Å². The number of rotatable bonds is 1. The van der Waals surface area contributed by atoms with Gasteiger partial charge in [0.1, 0.15) is 5.82 Å². The molecule has 78 valence electrons. The summed E-state index contributed by atoms with van der Waals surface area (Å²) in [4.78, 5) is 0. The fraction of sp³-hybridized carbons (Fsp3) is 0.200. The number of halogens is 1. The highest BCUT2D eigenvalue weighted by Crippen LogP contribution is 2.22. The molecule has 2 rings (SSSR count). The maximum atomic E-state index is 13.3. The standard InChI is InChI=1S/C10H10FN3S/c1-6-7(4-3-5-8(6)11)9-12-13-10(15)14(9)2/h3-5H,1-2H3,(H,13,15). The number of benzene rings is 1. The Morgan fingerprint density at radius 2 is 2.20 bits per heavy atom. The summed E-state index contributed by atoms with van der Waals surface area (Å²) in [7, 11) is 1.80. The molecule has 1 N–H and O–H groups in total. The zero-order chi connectivity index (χ0) is 11.0. The molecule has 15 heavy (non-hydrogen) atoms. The minimum absolute atomic E-state index is 0.235. The van der Waals surface area contributed by atoms with Crippen LogP contribution in [0, 0.1) is 17.5 Å². The van der Waals surface area contributed by atoms with E-state index in [2.05, 4.69) is 10.2 Å². The number of nitrogens with zero attached hydrogens (tertiary/aromatic N) is 2. The molecule has 1 aromatic carbocycles. The summed E-state index contributed by atoms with van der Waals surface area (Å²) in [5, 5.41) is 6.74. The smallest absolute Gasteiger partial charge is 0.195 e. The molecule has 0 saturated carbocycles. The molecule has 1 heterocycles. The van der Waals surface area contributed by atoms with Crippen LogP contribution in [0.5, 0.6) is 0 Å². The van der Waals surface area contributed by atoms with E-state index in [0.29, 0.717) is 16.2 Å². The second kappa shape index (κ2) is 3.58. The van der Waals surface area contributed by atoms with Crippen molar-refractivity contribution in [2.75, 3.05) is 0 Å². The van der Waals surface area contributed by atoms with Gasteiger partial charge in [0.05, 0.1) is 0 Å². The van der Waals surface area contributed by atoms with Gasteiger partial charge < -0.3 is 4.57 Å². The highest BCUT2D eigenvalue weighted by atomic mass is 32.1. The Bertz CT molecular complexity index is 556. The summed E-state index contributed by atoms with van der Waals surface area (Å²) >= 11 is 5.00. The van der Waals surface area contributed by atoms with Gasteiger partial charge in [0.15, 0.2) is 10.6 Å². The molecule has 0 aliphatic carbocycles. The van der Waals surface area contributed by atoms with Gasteiger partial charge in [0.25, 0.3) is 0 Å². The number of hydrogen-bond donors (Lipinski definition) is 1. The first-order chi connectivity index (χ1) is 7.11. The molecule has 0 saturated heterocycles. The number of hydrogen-bond acceptors (Lipinski definition) is 2. The first-order valence-electron chi connectivity index (χ1n) is 4.48. The average Bonchev–Trinajstić information content (AvgIpc) is 2.53. The lowest BCUT2D eigenvalue weighted by molar-refractivity contribution is 0.619. The Morgan fingerprint density at radius 1 is 1.47 bits per heavy atom. The molecule has 0 aliphatic heterocycles. The van der Waals surface area contributed by atoms with Crippen LogP contribution in [0.15, 0.2) is 18.2 Å². The fourth-order valence-electron chi connectivity index (χ4n) is 1.44. The predicted molar refractivity (Wildman–Crippen MR) is 58.5 cm³/mol. The molecule has 2 aromatic rings. The van der Waals surface area contributed by atoms with E-state index >= 15 is 0 Å². The van der Waals surface area contributed by atoms with E-state index in [-0.39, 0.29) is 5.82 Å². The van der Waals surface area contributed by atoms with Crippen LogP contribution in [0.25, 0.3) is 11.4 Å². The quantitative estimate of drug-likeness (QED) is 0.754. The topological polar surface area (TPSA) is 33.6 Å². The fourth-order valence-corrected chi connectivity index (χ4v) is 1.57. The molecule has 5 heteroatoms. The Kier molecular flexibility index (Phi) is 2.40. The highest BCUT2D eigenvalue weighted by molar-refractivity contribution is 7.71. The van der Waals surface area contributed by atoms with Crippen molar-refractivity contribution in [1.82, 2.24) is 14.8 Å². The van der Waals surface area contributed by atoms with Crippen molar-refractivity contribution >= 4 is 12.2 Å². The Hall–Kier alpha value is -1.49. The minimum Gasteiger partial charge on any atom is -0.303 e. The minimum atomic E-state index is -0.235. The largest absolute Gasteiger partial charge is 0.303 e. The monoisotopic (exact) mass is 223 g/mol. The van der Waals surface area contributed by atoms with Gasteiger partial charge in [0.2, 0.25) is 0 Å². The zero-order valence-corrected chi connectivity index (χ0v) is 9.23. The summed E-state index contributed by atoms with van der Waals surface area (Å²) in [6.45, 7) is 1.72. The second-order valence-electron chi connectivity index (χ2n) is 3.32. The molecule has 0 bridgehead atoms. The van der Waals surface area contributed by atoms with Crippen LogP contribution >= 0.6 is 12.2 Å². The number of aromatic nitrogens is 3. The first-order valence-corrected chi connectivity index (χ1v) is 4.89. The lowest BCUT2D eigenvalue weighted by atomic mass is 10.1. The van der Waals surface area contributed by atoms with Gasteiger partial charge in [0, 0.05) is 12.6 Å². The van der Waals surface area contributed by atoms with Gasteiger partial charge in [-0.05, 0) is 30.8 Å². The summed E-state index contributed by atoms with van der Waals surface area (Å²) < 4.78 is 15.6. The van der Waals surface area contributed by atoms with Crippen molar-refractivity contribution in [1.29, 1.82) is 0 Å². The third-order valence-corrected chi connectivity index (χ3v) is 2.75. The second-order valence-corrected chi connectivity index (χ2v) is 3.71. The van der Waals surface area contributed by atoms with Gasteiger partial charge in [-0.1, -0.05) is 12.1 Å². The molecule has 0 fully saturated rings. The van der Waals surface area contributed by atoms with Gasteiger partial charge in [-0.15, -0.1) is 0 Å². The van der Waals surface area contributed by atoms with Crippen molar-refractivity contribution in [3.05, 3.63) is 34.4 Å². The summed E-state index contributed by atoms with van der Waals surface area (Å²) in [5.74, 6) is 0.415. The third-order valence-electron chi connectivity index (χ3n) is 2.39. The van der Waals surface area contributed by atoms with Crippen LogP contribution in [0.2, 0.25) is 0 Å². The predicted octanol–water partition coefficient (Wildman–Crippen LogP) is 2.59.